The van der Waals surface area contributed by atoms with Crippen molar-refractivity contribution >= 4 is 39.6 Å². The third-order valence-corrected chi connectivity index (χ3v) is 4.21. The summed E-state index contributed by atoms with van der Waals surface area (Å²) in [7, 11) is 1.65. The Kier molecular flexibility index (Phi) is 5.65. The third kappa shape index (κ3) is 4.22. The third-order valence-electron chi connectivity index (χ3n) is 2.94. The van der Waals surface area contributed by atoms with Gasteiger partial charge in [0.15, 0.2) is 5.78 Å². The van der Waals surface area contributed by atoms with Gasteiger partial charge < -0.3 is 4.74 Å². The molecule has 21 heavy (non-hydrogen) atoms. The van der Waals surface area contributed by atoms with Gasteiger partial charge in [0.05, 0.1) is 7.11 Å². The van der Waals surface area contributed by atoms with Gasteiger partial charge in [-0.1, -0.05) is 40.2 Å². The molecule has 108 valence electrons. The molecule has 0 atom stereocenters. The first-order chi connectivity index (χ1) is 10.1. The SMILES string of the molecule is COc1cc(C=CC(=O)c2cccc(Br)c2)ccc1SC. The van der Waals surface area contributed by atoms with E-state index >= 15 is 0 Å². The van der Waals surface area contributed by atoms with Gasteiger partial charge in [-0.25, -0.2) is 0 Å². The highest BCUT2D eigenvalue weighted by Gasteiger charge is 2.04. The quantitative estimate of drug-likeness (QED) is 0.421. The molecule has 0 amide bonds. The predicted molar refractivity (Wildman–Crippen MR) is 92.3 cm³/mol. The standard InChI is InChI=1S/C17H15BrO2S/c1-20-16-10-12(7-9-17(16)21-2)6-8-15(19)13-4-3-5-14(18)11-13/h3-11H,1-2H3. The average Bonchev–Trinajstić information content (AvgIpc) is 2.52. The Bertz CT molecular complexity index is 680. The van der Waals surface area contributed by atoms with Gasteiger partial charge in [-0.3, -0.25) is 4.79 Å². The van der Waals surface area contributed by atoms with Gasteiger partial charge in [0.1, 0.15) is 5.75 Å². The first-order valence-electron chi connectivity index (χ1n) is 6.34. The zero-order chi connectivity index (χ0) is 15.2. The summed E-state index contributed by atoms with van der Waals surface area (Å²) in [4.78, 5) is 13.2. The van der Waals surface area contributed by atoms with Crippen molar-refractivity contribution in [3.05, 3.63) is 64.1 Å². The molecular weight excluding hydrogens is 348 g/mol. The van der Waals surface area contributed by atoms with E-state index in [0.717, 1.165) is 20.7 Å². The highest BCUT2D eigenvalue weighted by Crippen LogP contribution is 2.28. The minimum absolute atomic E-state index is 0.0239. The first-order valence-corrected chi connectivity index (χ1v) is 8.36. The Balaban J connectivity index is 2.19. The largest absolute Gasteiger partial charge is 0.496 e. The van der Waals surface area contributed by atoms with Crippen LogP contribution in [0.3, 0.4) is 0 Å². The van der Waals surface area contributed by atoms with Gasteiger partial charge in [-0.05, 0) is 42.2 Å². The van der Waals surface area contributed by atoms with Crippen molar-refractivity contribution in [3.8, 4) is 5.75 Å². The summed E-state index contributed by atoms with van der Waals surface area (Å²) in [6.07, 6.45) is 5.38. The van der Waals surface area contributed by atoms with Gasteiger partial charge in [-0.15, -0.1) is 11.8 Å². The molecular formula is C17H15BrO2S. The Morgan fingerprint density at radius 3 is 2.71 bits per heavy atom. The number of rotatable bonds is 5. The Hall–Kier alpha value is -1.52. The van der Waals surface area contributed by atoms with Crippen LogP contribution < -0.4 is 4.74 Å². The fourth-order valence-electron chi connectivity index (χ4n) is 1.87. The van der Waals surface area contributed by atoms with E-state index in [2.05, 4.69) is 15.9 Å². The second-order valence-corrected chi connectivity index (χ2v) is 6.09. The number of thioether (sulfide) groups is 1. The van der Waals surface area contributed by atoms with Crippen molar-refractivity contribution in [2.75, 3.05) is 13.4 Å². The van der Waals surface area contributed by atoms with Gasteiger partial charge in [0.25, 0.3) is 0 Å². The van der Waals surface area contributed by atoms with Crippen LogP contribution in [0.15, 0.2) is 57.9 Å². The monoisotopic (exact) mass is 362 g/mol. The topological polar surface area (TPSA) is 26.3 Å². The number of hydrogen-bond acceptors (Lipinski definition) is 3. The van der Waals surface area contributed by atoms with Crippen LogP contribution in [0.25, 0.3) is 6.08 Å². The summed E-state index contributed by atoms with van der Waals surface area (Å²) in [5.74, 6) is 0.795. The van der Waals surface area contributed by atoms with Gasteiger partial charge in [0.2, 0.25) is 0 Å². The van der Waals surface area contributed by atoms with Crippen molar-refractivity contribution in [2.24, 2.45) is 0 Å². The molecule has 0 aromatic heterocycles. The minimum Gasteiger partial charge on any atom is -0.496 e. The molecule has 0 aliphatic rings. The van der Waals surface area contributed by atoms with Crippen LogP contribution >= 0.6 is 27.7 Å². The summed E-state index contributed by atoms with van der Waals surface area (Å²) < 4.78 is 6.23. The number of ether oxygens (including phenoxy) is 1. The van der Waals surface area contributed by atoms with E-state index < -0.39 is 0 Å². The molecule has 0 heterocycles. The lowest BCUT2D eigenvalue weighted by molar-refractivity contribution is 0.104. The molecule has 0 unspecified atom stereocenters. The zero-order valence-corrected chi connectivity index (χ0v) is 14.2. The number of carbonyl (C=O) groups is 1. The normalized spacial score (nSPS) is 10.8. The molecule has 0 saturated heterocycles. The molecule has 0 spiro atoms. The maximum absolute atomic E-state index is 12.1. The maximum Gasteiger partial charge on any atom is 0.185 e. The van der Waals surface area contributed by atoms with Crippen LogP contribution in [0, 0.1) is 0 Å². The van der Waals surface area contributed by atoms with E-state index in [4.69, 9.17) is 4.74 Å². The van der Waals surface area contributed by atoms with E-state index in [1.165, 1.54) is 0 Å². The molecule has 2 aromatic rings. The second kappa shape index (κ2) is 7.48. The first kappa shape index (κ1) is 15.9. The molecule has 4 heteroatoms. The van der Waals surface area contributed by atoms with Gasteiger partial charge in [0, 0.05) is 14.9 Å². The van der Waals surface area contributed by atoms with Crippen molar-refractivity contribution < 1.29 is 9.53 Å². The summed E-state index contributed by atoms with van der Waals surface area (Å²) in [5.41, 5.74) is 1.60. The maximum atomic E-state index is 12.1. The molecule has 0 N–H and O–H groups in total. The van der Waals surface area contributed by atoms with Crippen molar-refractivity contribution in [1.82, 2.24) is 0 Å². The number of hydrogen-bond donors (Lipinski definition) is 0. The van der Waals surface area contributed by atoms with E-state index in [-0.39, 0.29) is 5.78 Å². The van der Waals surface area contributed by atoms with Gasteiger partial charge >= 0.3 is 0 Å². The molecule has 0 radical (unpaired) electrons. The Morgan fingerprint density at radius 1 is 1.24 bits per heavy atom. The number of carbonyl (C=O) groups excluding carboxylic acids is 1. The van der Waals surface area contributed by atoms with Crippen molar-refractivity contribution in [3.63, 3.8) is 0 Å². The molecule has 0 bridgehead atoms. The van der Waals surface area contributed by atoms with Crippen molar-refractivity contribution in [1.29, 1.82) is 0 Å². The smallest absolute Gasteiger partial charge is 0.185 e. The summed E-state index contributed by atoms with van der Waals surface area (Å²) in [6.45, 7) is 0. The van der Waals surface area contributed by atoms with Crippen LogP contribution in [0.5, 0.6) is 5.75 Å². The lowest BCUT2D eigenvalue weighted by atomic mass is 10.1. The average molecular weight is 363 g/mol. The van der Waals surface area contributed by atoms with E-state index in [1.807, 2.05) is 42.7 Å². The van der Waals surface area contributed by atoms with E-state index in [0.29, 0.717) is 5.56 Å². The van der Waals surface area contributed by atoms with E-state index in [1.54, 1.807) is 37.1 Å². The minimum atomic E-state index is -0.0239. The van der Waals surface area contributed by atoms with Crippen LogP contribution in [0.1, 0.15) is 15.9 Å². The molecule has 2 rings (SSSR count). The summed E-state index contributed by atoms with van der Waals surface area (Å²) in [5, 5.41) is 0. The fraction of sp³-hybridized carbons (Fsp3) is 0.118. The molecule has 2 aromatic carbocycles. The molecule has 0 fully saturated rings. The fourth-order valence-corrected chi connectivity index (χ4v) is 2.81. The van der Waals surface area contributed by atoms with Crippen LogP contribution in [0.2, 0.25) is 0 Å². The lowest BCUT2D eigenvalue weighted by Gasteiger charge is -2.06. The van der Waals surface area contributed by atoms with Crippen molar-refractivity contribution in [2.45, 2.75) is 4.90 Å². The lowest BCUT2D eigenvalue weighted by Crippen LogP contribution is -1.93. The number of ketones is 1. The molecule has 2 nitrogen and oxygen atoms in total. The van der Waals surface area contributed by atoms with E-state index in [9.17, 15) is 4.79 Å². The Morgan fingerprint density at radius 2 is 2.05 bits per heavy atom. The van der Waals surface area contributed by atoms with Crippen LogP contribution in [-0.2, 0) is 0 Å². The summed E-state index contributed by atoms with van der Waals surface area (Å²) >= 11 is 5.00. The summed E-state index contributed by atoms with van der Waals surface area (Å²) in [6, 6.07) is 13.2. The Labute approximate surface area is 137 Å². The number of halogens is 1. The second-order valence-electron chi connectivity index (χ2n) is 4.32. The molecule has 0 aliphatic carbocycles. The zero-order valence-electron chi connectivity index (χ0n) is 11.8. The predicted octanol–water partition coefficient (Wildman–Crippen LogP) is 5.08. The van der Waals surface area contributed by atoms with Crippen LogP contribution in [-0.4, -0.2) is 19.1 Å². The number of benzene rings is 2. The molecule has 0 aliphatic heterocycles. The highest BCUT2D eigenvalue weighted by atomic mass is 79.9. The number of allylic oxidation sites excluding steroid dienone is 1. The highest BCUT2D eigenvalue weighted by molar-refractivity contribution is 9.10. The number of methoxy groups -OCH3 is 1. The van der Waals surface area contributed by atoms with Crippen LogP contribution in [0.4, 0.5) is 0 Å². The molecule has 0 saturated carbocycles. The van der Waals surface area contributed by atoms with Gasteiger partial charge in [-0.2, -0.15) is 0 Å².